The molecule has 0 unspecified atom stereocenters. The lowest BCUT2D eigenvalue weighted by Gasteiger charge is -2.33. The minimum Gasteiger partial charge on any atom is -0.383 e. The molecular formula is C30H31N5O3S. The summed E-state index contributed by atoms with van der Waals surface area (Å²) in [6, 6.07) is 20.9. The average Bonchev–Trinajstić information content (AvgIpc) is 3.51. The van der Waals surface area contributed by atoms with Gasteiger partial charge in [0.05, 0.1) is 12.3 Å². The molecule has 2 heterocycles. The Labute approximate surface area is 232 Å². The lowest BCUT2D eigenvalue weighted by Crippen LogP contribution is -2.51. The Bertz CT molecular complexity index is 1350. The Morgan fingerprint density at radius 1 is 0.974 bits per heavy atom. The van der Waals surface area contributed by atoms with E-state index in [4.69, 9.17) is 4.74 Å². The Hall–Kier alpha value is -4.21. The second-order valence-electron chi connectivity index (χ2n) is 9.02. The van der Waals surface area contributed by atoms with Gasteiger partial charge in [-0.05, 0) is 52.0 Å². The summed E-state index contributed by atoms with van der Waals surface area (Å²) in [7, 11) is 3.34. The lowest BCUT2D eigenvalue weighted by atomic mass is 10.0. The van der Waals surface area contributed by atoms with Crippen LogP contribution in [-0.2, 0) is 27.3 Å². The van der Waals surface area contributed by atoms with Crippen molar-refractivity contribution in [2.45, 2.75) is 19.0 Å². The van der Waals surface area contributed by atoms with Crippen molar-refractivity contribution in [3.8, 4) is 11.1 Å². The van der Waals surface area contributed by atoms with E-state index in [1.807, 2.05) is 66.7 Å². The third kappa shape index (κ3) is 7.89. The molecule has 0 spiro atoms. The first-order chi connectivity index (χ1) is 19.0. The van der Waals surface area contributed by atoms with Crippen LogP contribution in [0.1, 0.15) is 16.8 Å². The number of amides is 2. The molecule has 4 aromatic rings. The summed E-state index contributed by atoms with van der Waals surface area (Å²) in [6.07, 6.45) is 6.98. The van der Waals surface area contributed by atoms with Gasteiger partial charge in [-0.15, -0.1) is 5.10 Å². The van der Waals surface area contributed by atoms with Crippen molar-refractivity contribution in [1.29, 1.82) is 0 Å². The average molecular weight is 542 g/mol. The number of methoxy groups -OCH3 is 1. The number of hydrogen-bond donors (Lipinski definition) is 0. The smallest absolute Gasteiger partial charge is 0.247 e. The molecule has 0 aliphatic carbocycles. The molecule has 4 rings (SSSR count). The number of aromatic nitrogens is 3. The molecule has 9 heteroatoms. The van der Waals surface area contributed by atoms with Gasteiger partial charge in [0.25, 0.3) is 0 Å². The minimum absolute atomic E-state index is 0.151. The van der Waals surface area contributed by atoms with Gasteiger partial charge < -0.3 is 14.5 Å². The Morgan fingerprint density at radius 3 is 2.36 bits per heavy atom. The number of carbonyl (C=O) groups is 2. The Kier molecular flexibility index (Phi) is 10.0. The summed E-state index contributed by atoms with van der Waals surface area (Å²) >= 11 is 1.21. The van der Waals surface area contributed by atoms with Crippen molar-refractivity contribution in [1.82, 2.24) is 24.4 Å². The molecule has 0 aliphatic rings. The molecule has 0 bridgehead atoms. The molecule has 1 atom stereocenters. The van der Waals surface area contributed by atoms with Crippen molar-refractivity contribution in [3.63, 3.8) is 0 Å². The highest BCUT2D eigenvalue weighted by Crippen LogP contribution is 2.21. The van der Waals surface area contributed by atoms with Gasteiger partial charge in [0.2, 0.25) is 11.8 Å². The van der Waals surface area contributed by atoms with Crippen LogP contribution in [0, 0.1) is 0 Å². The number of pyridine rings is 1. The van der Waals surface area contributed by atoms with Crippen LogP contribution < -0.4 is 0 Å². The highest BCUT2D eigenvalue weighted by molar-refractivity contribution is 7.03. The van der Waals surface area contributed by atoms with E-state index >= 15 is 0 Å². The number of hydrogen-bond acceptors (Lipinski definition) is 7. The third-order valence-electron chi connectivity index (χ3n) is 6.32. The number of likely N-dealkylation sites (N-methyl/N-ethyl adjacent to an activating group) is 1. The van der Waals surface area contributed by atoms with E-state index in [-0.39, 0.29) is 18.4 Å². The van der Waals surface area contributed by atoms with E-state index in [9.17, 15) is 9.59 Å². The van der Waals surface area contributed by atoms with Gasteiger partial charge in [-0.2, -0.15) is 0 Å². The maximum Gasteiger partial charge on any atom is 0.247 e. The van der Waals surface area contributed by atoms with Gasteiger partial charge in [0, 0.05) is 57.5 Å². The molecule has 2 aromatic carbocycles. The van der Waals surface area contributed by atoms with Crippen molar-refractivity contribution >= 4 is 29.4 Å². The molecule has 0 N–H and O–H groups in total. The topological polar surface area (TPSA) is 88.5 Å². The first kappa shape index (κ1) is 27.8. The van der Waals surface area contributed by atoms with Crippen molar-refractivity contribution < 1.29 is 14.3 Å². The fourth-order valence-electron chi connectivity index (χ4n) is 4.14. The summed E-state index contributed by atoms with van der Waals surface area (Å²) in [5.41, 5.74) is 4.58. The van der Waals surface area contributed by atoms with Gasteiger partial charge in [0.1, 0.15) is 6.04 Å². The molecule has 0 fully saturated rings. The second-order valence-corrected chi connectivity index (χ2v) is 9.63. The number of benzene rings is 2. The zero-order valence-corrected chi connectivity index (χ0v) is 22.8. The predicted octanol–water partition coefficient (Wildman–Crippen LogP) is 4.36. The normalized spacial score (nSPS) is 11.8. The van der Waals surface area contributed by atoms with Gasteiger partial charge in [-0.3, -0.25) is 14.6 Å². The molecule has 200 valence electrons. The van der Waals surface area contributed by atoms with E-state index in [1.54, 1.807) is 47.8 Å². The van der Waals surface area contributed by atoms with Crippen LogP contribution in [-0.4, -0.2) is 69.5 Å². The van der Waals surface area contributed by atoms with Crippen LogP contribution in [0.25, 0.3) is 17.2 Å². The highest BCUT2D eigenvalue weighted by atomic mass is 32.1. The largest absolute Gasteiger partial charge is 0.383 e. The van der Waals surface area contributed by atoms with E-state index < -0.39 is 6.04 Å². The van der Waals surface area contributed by atoms with Crippen molar-refractivity contribution in [2.75, 3.05) is 27.3 Å². The summed E-state index contributed by atoms with van der Waals surface area (Å²) in [4.78, 5) is 34.8. The molecule has 2 amide bonds. The van der Waals surface area contributed by atoms with Gasteiger partial charge in [0.15, 0.2) is 0 Å². The van der Waals surface area contributed by atoms with Gasteiger partial charge in [-0.1, -0.05) is 59.1 Å². The minimum atomic E-state index is -0.722. The quantitative estimate of drug-likeness (QED) is 0.248. The van der Waals surface area contributed by atoms with Crippen LogP contribution in [0.5, 0.6) is 0 Å². The van der Waals surface area contributed by atoms with E-state index in [0.29, 0.717) is 25.3 Å². The maximum absolute atomic E-state index is 13.8. The molecule has 0 aliphatic heterocycles. The summed E-state index contributed by atoms with van der Waals surface area (Å²) in [6.45, 7) is 1.08. The summed E-state index contributed by atoms with van der Waals surface area (Å²) < 4.78 is 9.05. The first-order valence-corrected chi connectivity index (χ1v) is 13.4. The van der Waals surface area contributed by atoms with E-state index in [0.717, 1.165) is 22.3 Å². The Balaban J connectivity index is 1.66. The molecule has 8 nitrogen and oxygen atoms in total. The fourth-order valence-corrected chi connectivity index (χ4v) is 4.57. The standard InChI is InChI=1S/C30H31N5O3S/c1-34(18-19-38-2)30(37)28(20-23-6-4-3-5-7-23)35(29(36)13-12-27-22-39-33-32-27)21-24-8-10-25(11-9-24)26-14-16-31-17-15-26/h3-17,22,28H,18-21H2,1-2H3/t28-/m0/s1. The van der Waals surface area contributed by atoms with Crippen LogP contribution >= 0.6 is 11.5 Å². The highest BCUT2D eigenvalue weighted by Gasteiger charge is 2.31. The lowest BCUT2D eigenvalue weighted by molar-refractivity contribution is -0.143. The molecule has 39 heavy (non-hydrogen) atoms. The predicted molar refractivity (Wildman–Crippen MR) is 153 cm³/mol. The van der Waals surface area contributed by atoms with Crippen LogP contribution in [0.2, 0.25) is 0 Å². The summed E-state index contributed by atoms with van der Waals surface area (Å²) in [5, 5.41) is 5.76. The Morgan fingerprint density at radius 2 is 1.69 bits per heavy atom. The monoisotopic (exact) mass is 541 g/mol. The molecule has 2 aromatic heterocycles. The van der Waals surface area contributed by atoms with Gasteiger partial charge in [-0.25, -0.2) is 0 Å². The zero-order chi connectivity index (χ0) is 27.5. The van der Waals surface area contributed by atoms with Crippen molar-refractivity contribution in [2.24, 2.45) is 0 Å². The molecule has 0 saturated heterocycles. The number of carbonyl (C=O) groups excluding carboxylic acids is 2. The SMILES string of the molecule is COCCN(C)C(=O)[C@H](Cc1ccccc1)N(Cc1ccc(-c2ccncc2)cc1)C(=O)C=Cc1csnn1. The van der Waals surface area contributed by atoms with Crippen molar-refractivity contribution in [3.05, 3.63) is 107 Å². The number of rotatable bonds is 12. The summed E-state index contributed by atoms with van der Waals surface area (Å²) in [5.74, 6) is -0.433. The van der Waals surface area contributed by atoms with Crippen LogP contribution in [0.4, 0.5) is 0 Å². The molecular weight excluding hydrogens is 510 g/mol. The number of nitrogens with zero attached hydrogens (tertiary/aromatic N) is 5. The fraction of sp³-hybridized carbons (Fsp3) is 0.233. The number of ether oxygens (including phenoxy) is 1. The van der Waals surface area contributed by atoms with Crippen LogP contribution in [0.15, 0.2) is 90.6 Å². The van der Waals surface area contributed by atoms with Gasteiger partial charge >= 0.3 is 0 Å². The third-order valence-corrected chi connectivity index (χ3v) is 6.84. The second kappa shape index (κ2) is 14.1. The molecule has 0 saturated carbocycles. The molecule has 0 radical (unpaired) electrons. The first-order valence-electron chi connectivity index (χ1n) is 12.6. The van der Waals surface area contributed by atoms with E-state index in [2.05, 4.69) is 14.6 Å². The van der Waals surface area contributed by atoms with Crippen LogP contribution in [0.3, 0.4) is 0 Å². The zero-order valence-electron chi connectivity index (χ0n) is 22.0. The van der Waals surface area contributed by atoms with E-state index in [1.165, 1.54) is 17.6 Å². The maximum atomic E-state index is 13.8.